The van der Waals surface area contributed by atoms with Crippen molar-refractivity contribution in [1.29, 1.82) is 0 Å². The maximum atomic E-state index is 12.5. The number of esters is 1. The maximum absolute atomic E-state index is 12.5. The summed E-state index contributed by atoms with van der Waals surface area (Å²) in [6.45, 7) is 2.21. The number of benzene rings is 1. The molecule has 1 aromatic rings. The Labute approximate surface area is 158 Å². The summed E-state index contributed by atoms with van der Waals surface area (Å²) in [5, 5.41) is 0. The number of hydrogen-bond donors (Lipinski definition) is 0. The first-order chi connectivity index (χ1) is 12.7. The molecule has 1 saturated heterocycles. The molecule has 2 nitrogen and oxygen atoms in total. The van der Waals surface area contributed by atoms with Crippen LogP contribution >= 0.6 is 0 Å². The van der Waals surface area contributed by atoms with Gasteiger partial charge in [0.15, 0.2) is 0 Å². The molecular formula is C24H32O2. The average molecular weight is 353 g/mol. The monoisotopic (exact) mass is 352 g/mol. The van der Waals surface area contributed by atoms with Crippen molar-refractivity contribution in [1.82, 2.24) is 0 Å². The molecule has 0 amide bonds. The van der Waals surface area contributed by atoms with Gasteiger partial charge in [0.2, 0.25) is 0 Å². The summed E-state index contributed by atoms with van der Waals surface area (Å²) < 4.78 is 5.78. The SMILES string of the molecule is C#Cc1ccc(C2CCC(C3CCC(CCCCC)OC3=O)CC2)cc1. The lowest BCUT2D eigenvalue weighted by atomic mass is 9.72. The van der Waals surface area contributed by atoms with Gasteiger partial charge < -0.3 is 4.74 Å². The van der Waals surface area contributed by atoms with E-state index in [1.54, 1.807) is 0 Å². The Morgan fingerprint density at radius 1 is 1.04 bits per heavy atom. The fourth-order valence-electron chi connectivity index (χ4n) is 4.75. The second-order valence-corrected chi connectivity index (χ2v) is 8.12. The normalized spacial score (nSPS) is 29.0. The smallest absolute Gasteiger partial charge is 0.309 e. The molecule has 0 bridgehead atoms. The Hall–Kier alpha value is -1.75. The fourth-order valence-corrected chi connectivity index (χ4v) is 4.75. The minimum atomic E-state index is 0.0829. The van der Waals surface area contributed by atoms with E-state index < -0.39 is 0 Å². The molecule has 140 valence electrons. The Balaban J connectivity index is 1.47. The molecule has 1 aliphatic heterocycles. The highest BCUT2D eigenvalue weighted by atomic mass is 16.5. The molecule has 2 heteroatoms. The van der Waals surface area contributed by atoms with E-state index in [4.69, 9.17) is 11.2 Å². The van der Waals surface area contributed by atoms with Crippen molar-refractivity contribution in [2.75, 3.05) is 0 Å². The number of carbonyl (C=O) groups excluding carboxylic acids is 1. The van der Waals surface area contributed by atoms with Crippen molar-refractivity contribution in [3.05, 3.63) is 35.4 Å². The van der Waals surface area contributed by atoms with Crippen LogP contribution in [0.2, 0.25) is 0 Å². The van der Waals surface area contributed by atoms with Crippen LogP contribution in [0.25, 0.3) is 0 Å². The van der Waals surface area contributed by atoms with Crippen LogP contribution < -0.4 is 0 Å². The van der Waals surface area contributed by atoms with Crippen molar-refractivity contribution >= 4 is 5.97 Å². The first kappa shape index (κ1) is 19.0. The fraction of sp³-hybridized carbons (Fsp3) is 0.625. The average Bonchev–Trinajstić information content (AvgIpc) is 2.69. The van der Waals surface area contributed by atoms with E-state index in [2.05, 4.69) is 25.0 Å². The maximum Gasteiger partial charge on any atom is 0.309 e. The van der Waals surface area contributed by atoms with E-state index in [1.807, 2.05) is 12.1 Å². The number of terminal acetylenes is 1. The van der Waals surface area contributed by atoms with Gasteiger partial charge >= 0.3 is 5.97 Å². The molecule has 3 rings (SSSR count). The summed E-state index contributed by atoms with van der Waals surface area (Å²) in [6, 6.07) is 8.43. The third kappa shape index (κ3) is 4.70. The van der Waals surface area contributed by atoms with Crippen LogP contribution in [0.4, 0.5) is 0 Å². The molecule has 0 spiro atoms. The number of ether oxygens (including phenoxy) is 1. The van der Waals surface area contributed by atoms with Gasteiger partial charge in [0, 0.05) is 5.56 Å². The first-order valence-corrected chi connectivity index (χ1v) is 10.5. The van der Waals surface area contributed by atoms with Crippen LogP contribution in [-0.4, -0.2) is 12.1 Å². The van der Waals surface area contributed by atoms with Crippen molar-refractivity contribution in [3.8, 4) is 12.3 Å². The third-order valence-electron chi connectivity index (χ3n) is 6.40. The quantitative estimate of drug-likeness (QED) is 0.365. The molecule has 0 N–H and O–H groups in total. The van der Waals surface area contributed by atoms with Crippen LogP contribution in [0.15, 0.2) is 24.3 Å². The minimum absolute atomic E-state index is 0.0829. The van der Waals surface area contributed by atoms with Gasteiger partial charge in [0.1, 0.15) is 6.10 Å². The molecule has 0 aromatic heterocycles. The molecule has 2 fully saturated rings. The van der Waals surface area contributed by atoms with Gasteiger partial charge in [-0.1, -0.05) is 37.8 Å². The van der Waals surface area contributed by atoms with Crippen LogP contribution in [-0.2, 0) is 9.53 Å². The predicted octanol–water partition coefficient (Wildman–Crippen LogP) is 5.84. The summed E-state index contributed by atoms with van der Waals surface area (Å²) in [5.74, 6) is 4.03. The molecule has 1 aliphatic carbocycles. The predicted molar refractivity (Wildman–Crippen MR) is 106 cm³/mol. The van der Waals surface area contributed by atoms with E-state index in [1.165, 1.54) is 37.7 Å². The van der Waals surface area contributed by atoms with E-state index in [9.17, 15) is 4.79 Å². The van der Waals surface area contributed by atoms with Crippen molar-refractivity contribution in [2.24, 2.45) is 11.8 Å². The molecule has 1 saturated carbocycles. The number of hydrogen-bond acceptors (Lipinski definition) is 2. The van der Waals surface area contributed by atoms with Crippen LogP contribution in [0, 0.1) is 24.2 Å². The summed E-state index contributed by atoms with van der Waals surface area (Å²) in [6.07, 6.45) is 17.0. The zero-order valence-corrected chi connectivity index (χ0v) is 16.1. The highest BCUT2D eigenvalue weighted by Crippen LogP contribution is 2.42. The zero-order chi connectivity index (χ0) is 18.4. The lowest BCUT2D eigenvalue weighted by Gasteiger charge is -2.36. The molecule has 1 aromatic carbocycles. The topological polar surface area (TPSA) is 26.3 Å². The van der Waals surface area contributed by atoms with Crippen LogP contribution in [0.5, 0.6) is 0 Å². The summed E-state index contributed by atoms with van der Waals surface area (Å²) in [4.78, 5) is 12.5. The lowest BCUT2D eigenvalue weighted by Crippen LogP contribution is -2.36. The van der Waals surface area contributed by atoms with Crippen LogP contribution in [0.1, 0.15) is 88.2 Å². The number of carbonyl (C=O) groups is 1. The van der Waals surface area contributed by atoms with E-state index in [0.717, 1.165) is 37.7 Å². The number of rotatable bonds is 6. The highest BCUT2D eigenvalue weighted by molar-refractivity contribution is 5.73. The Kier molecular flexibility index (Phi) is 6.78. The molecular weight excluding hydrogens is 320 g/mol. The van der Waals surface area contributed by atoms with Crippen molar-refractivity contribution in [3.63, 3.8) is 0 Å². The Morgan fingerprint density at radius 2 is 1.77 bits per heavy atom. The van der Waals surface area contributed by atoms with Gasteiger partial charge in [-0.2, -0.15) is 0 Å². The Morgan fingerprint density at radius 3 is 2.38 bits per heavy atom. The lowest BCUT2D eigenvalue weighted by molar-refractivity contribution is -0.164. The van der Waals surface area contributed by atoms with E-state index in [0.29, 0.717) is 11.8 Å². The first-order valence-electron chi connectivity index (χ1n) is 10.5. The summed E-state index contributed by atoms with van der Waals surface area (Å²) >= 11 is 0. The van der Waals surface area contributed by atoms with E-state index in [-0.39, 0.29) is 18.0 Å². The second kappa shape index (κ2) is 9.26. The Bertz CT molecular complexity index is 617. The summed E-state index contributed by atoms with van der Waals surface area (Å²) in [5.41, 5.74) is 2.34. The standard InChI is InChI=1S/C24H32O2/c1-3-5-6-7-22-16-17-23(24(25)26-22)21-14-12-20(13-15-21)19-10-8-18(4-2)9-11-19/h2,8-11,20-23H,3,5-7,12-17H2,1H3. The number of unbranched alkanes of at least 4 members (excludes halogenated alkanes) is 2. The molecule has 2 aliphatic rings. The van der Waals surface area contributed by atoms with Gasteiger partial charge in [-0.25, -0.2) is 0 Å². The van der Waals surface area contributed by atoms with Gasteiger partial charge in [-0.15, -0.1) is 6.42 Å². The van der Waals surface area contributed by atoms with Crippen molar-refractivity contribution in [2.45, 2.75) is 83.2 Å². The second-order valence-electron chi connectivity index (χ2n) is 8.12. The van der Waals surface area contributed by atoms with Gasteiger partial charge in [-0.3, -0.25) is 4.79 Å². The molecule has 2 unspecified atom stereocenters. The highest BCUT2D eigenvalue weighted by Gasteiger charge is 2.37. The molecule has 1 heterocycles. The van der Waals surface area contributed by atoms with E-state index >= 15 is 0 Å². The zero-order valence-electron chi connectivity index (χ0n) is 16.1. The third-order valence-corrected chi connectivity index (χ3v) is 6.40. The van der Waals surface area contributed by atoms with Gasteiger partial charge in [0.25, 0.3) is 0 Å². The largest absolute Gasteiger partial charge is 0.462 e. The van der Waals surface area contributed by atoms with Gasteiger partial charge in [0.05, 0.1) is 5.92 Å². The van der Waals surface area contributed by atoms with Crippen molar-refractivity contribution < 1.29 is 9.53 Å². The number of cyclic esters (lactones) is 1. The molecule has 2 atom stereocenters. The minimum Gasteiger partial charge on any atom is -0.462 e. The van der Waals surface area contributed by atoms with Crippen LogP contribution in [0.3, 0.4) is 0 Å². The summed E-state index contributed by atoms with van der Waals surface area (Å²) in [7, 11) is 0. The molecule has 26 heavy (non-hydrogen) atoms. The van der Waals surface area contributed by atoms with Gasteiger partial charge in [-0.05, 0) is 80.9 Å². The molecule has 0 radical (unpaired) electrons.